The number of nitrogens with zero attached hydrogens (tertiary/aromatic N) is 6. The first-order chi connectivity index (χ1) is 17.5. The van der Waals surface area contributed by atoms with Crippen molar-refractivity contribution >= 4 is 28.7 Å². The van der Waals surface area contributed by atoms with Gasteiger partial charge in [-0.15, -0.1) is 0 Å². The summed E-state index contributed by atoms with van der Waals surface area (Å²) in [5.74, 6) is 1.55. The van der Waals surface area contributed by atoms with Gasteiger partial charge in [0, 0.05) is 37.8 Å². The van der Waals surface area contributed by atoms with Crippen LogP contribution in [0.1, 0.15) is 31.1 Å². The minimum absolute atomic E-state index is 0. The molecule has 0 aliphatic carbocycles. The van der Waals surface area contributed by atoms with E-state index >= 15 is 0 Å². The molecule has 2 atom stereocenters. The molecule has 1 amide bonds. The zero-order valence-electron chi connectivity index (χ0n) is 21.9. The molecule has 0 radical (unpaired) electrons. The molecule has 0 spiro atoms. The maximum absolute atomic E-state index is 12.7. The highest BCUT2D eigenvalue weighted by atomic mass is 19.0. The van der Waals surface area contributed by atoms with Crippen LogP contribution in [0.3, 0.4) is 0 Å². The number of aromatic nitrogens is 3. The molecule has 1 aromatic carbocycles. The zero-order chi connectivity index (χ0) is 25.2. The molecule has 2 aliphatic heterocycles. The average Bonchev–Trinajstić information content (AvgIpc) is 2.92. The van der Waals surface area contributed by atoms with Crippen molar-refractivity contribution in [2.45, 2.75) is 32.9 Å². The minimum atomic E-state index is -0.00496. The van der Waals surface area contributed by atoms with Crippen molar-refractivity contribution in [3.8, 4) is 11.3 Å². The number of fused-ring (bicyclic) bond motifs is 1. The summed E-state index contributed by atoms with van der Waals surface area (Å²) in [5.41, 5.74) is 2.95. The fourth-order valence-electron chi connectivity index (χ4n) is 4.73. The SMILES string of the molecule is CCN(C)C(=O)c1cccc(-c2ccc3c(N4CCOC[C@@H]4C)nc(N4CCOC[C@@H]4C)nc3n2)c1.F. The number of halogens is 1. The normalized spacial score (nSPS) is 20.0. The van der Waals surface area contributed by atoms with Gasteiger partial charge in [0.1, 0.15) is 5.82 Å². The van der Waals surface area contributed by atoms with Crippen LogP contribution < -0.4 is 9.80 Å². The van der Waals surface area contributed by atoms with Crippen molar-refractivity contribution in [2.24, 2.45) is 0 Å². The van der Waals surface area contributed by atoms with Crippen LogP contribution >= 0.6 is 0 Å². The number of morpholine rings is 2. The quantitative estimate of drug-likeness (QED) is 0.517. The van der Waals surface area contributed by atoms with Crippen LogP contribution in [-0.2, 0) is 9.47 Å². The minimum Gasteiger partial charge on any atom is -0.377 e. The summed E-state index contributed by atoms with van der Waals surface area (Å²) in [6.45, 7) is 11.0. The summed E-state index contributed by atoms with van der Waals surface area (Å²) < 4.78 is 11.3. The molecule has 10 heteroatoms. The third kappa shape index (κ3) is 5.35. The van der Waals surface area contributed by atoms with Crippen LogP contribution in [0.5, 0.6) is 0 Å². The molecule has 0 N–H and O–H groups in total. The molecule has 2 saturated heterocycles. The zero-order valence-corrected chi connectivity index (χ0v) is 21.9. The Kier molecular flexibility index (Phi) is 8.19. The second-order valence-corrected chi connectivity index (χ2v) is 9.55. The summed E-state index contributed by atoms with van der Waals surface area (Å²) >= 11 is 0. The Labute approximate surface area is 216 Å². The Balaban J connectivity index is 0.00000320. The Morgan fingerprint density at radius 2 is 1.70 bits per heavy atom. The van der Waals surface area contributed by atoms with Crippen LogP contribution in [-0.4, -0.2) is 91.0 Å². The van der Waals surface area contributed by atoms with Gasteiger partial charge in [-0.2, -0.15) is 9.97 Å². The Bertz CT molecular complexity index is 1260. The van der Waals surface area contributed by atoms with E-state index in [1.54, 1.807) is 4.90 Å². The first kappa shape index (κ1) is 26.7. The summed E-state index contributed by atoms with van der Waals surface area (Å²) in [7, 11) is 1.81. The van der Waals surface area contributed by atoms with Gasteiger partial charge in [-0.05, 0) is 45.0 Å². The predicted molar refractivity (Wildman–Crippen MR) is 143 cm³/mol. The van der Waals surface area contributed by atoms with Gasteiger partial charge < -0.3 is 24.2 Å². The van der Waals surface area contributed by atoms with E-state index in [4.69, 9.17) is 24.4 Å². The maximum atomic E-state index is 12.7. The standard InChI is InChI=1S/C27H34N6O3.FH/c1-5-31(4)26(34)21-8-6-7-20(15-21)23-10-9-22-24(28-23)29-27(33-12-14-36-17-19(33)3)30-25(22)32-11-13-35-16-18(32)2;/h6-10,15,18-19H,5,11-14,16-17H2,1-4H3;1H/t18-,19-;/m0./s1. The number of pyridine rings is 1. The van der Waals surface area contributed by atoms with Crippen LogP contribution in [0, 0.1) is 0 Å². The molecule has 2 aliphatic rings. The lowest BCUT2D eigenvalue weighted by molar-refractivity contribution is 0.0802. The van der Waals surface area contributed by atoms with E-state index < -0.39 is 0 Å². The number of anilines is 2. The lowest BCUT2D eigenvalue weighted by Crippen LogP contribution is -2.46. The summed E-state index contributed by atoms with van der Waals surface area (Å²) in [5, 5.41) is 0.912. The highest BCUT2D eigenvalue weighted by molar-refractivity contribution is 5.95. The first-order valence-corrected chi connectivity index (χ1v) is 12.7. The van der Waals surface area contributed by atoms with E-state index in [9.17, 15) is 4.79 Å². The van der Waals surface area contributed by atoms with E-state index in [-0.39, 0.29) is 22.7 Å². The first-order valence-electron chi connectivity index (χ1n) is 12.7. The van der Waals surface area contributed by atoms with Crippen LogP contribution in [0.4, 0.5) is 16.5 Å². The number of rotatable bonds is 5. The van der Waals surface area contributed by atoms with Crippen molar-refractivity contribution < 1.29 is 19.0 Å². The van der Waals surface area contributed by atoms with Gasteiger partial charge in [-0.3, -0.25) is 9.50 Å². The Hall–Kier alpha value is -3.37. The van der Waals surface area contributed by atoms with Gasteiger partial charge in [0.15, 0.2) is 5.65 Å². The van der Waals surface area contributed by atoms with E-state index in [0.717, 1.165) is 35.6 Å². The lowest BCUT2D eigenvalue weighted by atomic mass is 10.1. The number of benzene rings is 1. The Morgan fingerprint density at radius 1 is 1.00 bits per heavy atom. The Morgan fingerprint density at radius 3 is 2.38 bits per heavy atom. The molecule has 0 bridgehead atoms. The van der Waals surface area contributed by atoms with Crippen molar-refractivity contribution in [2.75, 3.05) is 62.9 Å². The van der Waals surface area contributed by atoms with Crippen molar-refractivity contribution in [1.82, 2.24) is 19.9 Å². The van der Waals surface area contributed by atoms with E-state index in [1.807, 2.05) is 50.4 Å². The average molecular weight is 511 g/mol. The van der Waals surface area contributed by atoms with Crippen LogP contribution in [0.15, 0.2) is 36.4 Å². The maximum Gasteiger partial charge on any atom is 0.253 e. The second-order valence-electron chi connectivity index (χ2n) is 9.55. The number of carbonyl (C=O) groups is 1. The van der Waals surface area contributed by atoms with E-state index in [1.165, 1.54) is 0 Å². The van der Waals surface area contributed by atoms with Crippen molar-refractivity contribution in [3.05, 3.63) is 42.0 Å². The topological polar surface area (TPSA) is 83.9 Å². The van der Waals surface area contributed by atoms with Gasteiger partial charge in [0.2, 0.25) is 5.95 Å². The lowest BCUT2D eigenvalue weighted by Gasteiger charge is -2.37. The molecule has 9 nitrogen and oxygen atoms in total. The number of amides is 1. The van der Waals surface area contributed by atoms with E-state index in [2.05, 4.69) is 23.6 Å². The number of ether oxygens (including phenoxy) is 2. The highest BCUT2D eigenvalue weighted by Gasteiger charge is 2.27. The third-order valence-corrected chi connectivity index (χ3v) is 7.02. The molecule has 37 heavy (non-hydrogen) atoms. The van der Waals surface area contributed by atoms with Crippen molar-refractivity contribution in [3.63, 3.8) is 0 Å². The molecular weight excluding hydrogens is 475 g/mol. The smallest absolute Gasteiger partial charge is 0.253 e. The molecular formula is C27H35FN6O3. The number of hydrogen-bond donors (Lipinski definition) is 0. The summed E-state index contributed by atoms with van der Waals surface area (Å²) in [6, 6.07) is 12.0. The van der Waals surface area contributed by atoms with Gasteiger partial charge in [0.05, 0.1) is 49.6 Å². The molecule has 2 fully saturated rings. The fourth-order valence-corrected chi connectivity index (χ4v) is 4.73. The van der Waals surface area contributed by atoms with Gasteiger partial charge in [-0.25, -0.2) is 4.98 Å². The summed E-state index contributed by atoms with van der Waals surface area (Å²) in [4.78, 5) is 33.9. The molecule has 198 valence electrons. The van der Waals surface area contributed by atoms with Crippen LogP contribution in [0.2, 0.25) is 0 Å². The summed E-state index contributed by atoms with van der Waals surface area (Å²) in [6.07, 6.45) is 0. The third-order valence-electron chi connectivity index (χ3n) is 7.02. The molecule has 3 aromatic rings. The molecule has 0 saturated carbocycles. The highest BCUT2D eigenvalue weighted by Crippen LogP contribution is 2.31. The van der Waals surface area contributed by atoms with Crippen LogP contribution in [0.25, 0.3) is 22.3 Å². The molecule has 0 unspecified atom stereocenters. The van der Waals surface area contributed by atoms with Gasteiger partial charge >= 0.3 is 0 Å². The monoisotopic (exact) mass is 510 g/mol. The number of hydrogen-bond acceptors (Lipinski definition) is 8. The van der Waals surface area contributed by atoms with Gasteiger partial charge in [-0.1, -0.05) is 12.1 Å². The largest absolute Gasteiger partial charge is 0.377 e. The molecule has 4 heterocycles. The second kappa shape index (κ2) is 11.4. The molecule has 2 aromatic heterocycles. The molecule has 5 rings (SSSR count). The fraction of sp³-hybridized carbons (Fsp3) is 0.481. The van der Waals surface area contributed by atoms with Gasteiger partial charge in [0.25, 0.3) is 5.91 Å². The predicted octanol–water partition coefficient (Wildman–Crippen LogP) is 3.39. The van der Waals surface area contributed by atoms with E-state index in [0.29, 0.717) is 50.1 Å². The number of carbonyl (C=O) groups excluding carboxylic acids is 1. The van der Waals surface area contributed by atoms with Crippen molar-refractivity contribution in [1.29, 1.82) is 0 Å².